The molecule has 4 aromatic heterocycles. The van der Waals surface area contributed by atoms with E-state index in [4.69, 9.17) is 24.5 Å². The molecule has 0 saturated heterocycles. The van der Waals surface area contributed by atoms with E-state index in [-0.39, 0.29) is 41.8 Å². The number of carbonyl (C=O) groups excluding carboxylic acids is 3. The zero-order valence-corrected chi connectivity index (χ0v) is 30.3. The highest BCUT2D eigenvalue weighted by atomic mass is 32.1. The number of nitrogens with zero attached hydrogens (tertiary/aromatic N) is 3. The van der Waals surface area contributed by atoms with Crippen LogP contribution in [0.1, 0.15) is 53.1 Å². The van der Waals surface area contributed by atoms with E-state index in [2.05, 4.69) is 11.4 Å². The molecule has 0 radical (unpaired) electrons. The fourth-order valence-corrected chi connectivity index (χ4v) is 7.36. The normalized spacial score (nSPS) is 10.5. The lowest BCUT2D eigenvalue weighted by molar-refractivity contribution is -0.136. The molecular weight excluding hydrogens is 713 g/mol. The number of carboxylic acids is 1. The number of likely N-dealkylation sites (N-methyl/N-ethyl adjacent to an activating group) is 1. The van der Waals surface area contributed by atoms with Crippen LogP contribution in [-0.2, 0) is 22.4 Å². The van der Waals surface area contributed by atoms with E-state index in [0.29, 0.717) is 37.9 Å². The zero-order valence-electron chi connectivity index (χ0n) is 28.6. The van der Waals surface area contributed by atoms with Crippen LogP contribution in [0, 0.1) is 22.7 Å². The molecule has 6 aromatic rings. The lowest BCUT2D eigenvalue weighted by atomic mass is 10.0. The maximum Gasteiger partial charge on any atom is 0.307 e. The van der Waals surface area contributed by atoms with Crippen LogP contribution >= 0.6 is 22.7 Å². The Kier molecular flexibility index (Phi) is 12.7. The highest BCUT2D eigenvalue weighted by Gasteiger charge is 2.22. The lowest BCUT2D eigenvalue weighted by Gasteiger charge is -2.10. The Hall–Kier alpha value is -6.38. The number of rotatable bonds is 13. The molecule has 2 aromatic carbocycles. The molecule has 0 aliphatic heterocycles. The molecule has 4 heterocycles. The molecule has 0 aliphatic rings. The number of nitrogens with one attached hydrogen (secondary N) is 1. The smallest absolute Gasteiger partial charge is 0.307 e. The van der Waals surface area contributed by atoms with Crippen LogP contribution in [0.15, 0.2) is 106 Å². The second-order valence-electron chi connectivity index (χ2n) is 11.8. The van der Waals surface area contributed by atoms with Crippen molar-refractivity contribution >= 4 is 46.1 Å². The fourth-order valence-electron chi connectivity index (χ4n) is 5.10. The van der Waals surface area contributed by atoms with E-state index in [1.165, 1.54) is 35.2 Å². The van der Waals surface area contributed by atoms with E-state index in [9.17, 15) is 19.2 Å². The van der Waals surface area contributed by atoms with Crippen molar-refractivity contribution in [2.24, 2.45) is 0 Å². The van der Waals surface area contributed by atoms with Crippen LogP contribution in [0.5, 0.6) is 0 Å². The Morgan fingerprint density at radius 1 is 0.717 bits per heavy atom. The molecule has 53 heavy (non-hydrogen) atoms. The third kappa shape index (κ3) is 9.90. The number of furan rings is 2. The number of benzene rings is 2. The summed E-state index contributed by atoms with van der Waals surface area (Å²) in [6, 6.07) is 27.9. The Labute approximate surface area is 313 Å². The summed E-state index contributed by atoms with van der Waals surface area (Å²) >= 11 is 2.54. The van der Waals surface area contributed by atoms with E-state index in [1.54, 1.807) is 72.8 Å². The molecule has 0 bridgehead atoms. The topological polar surface area (TPSA) is 178 Å². The summed E-state index contributed by atoms with van der Waals surface area (Å²) in [5.41, 5.74) is 4.04. The second-order valence-corrected chi connectivity index (χ2v) is 13.9. The number of carboxylic acid groups (broad SMARTS) is 1. The minimum atomic E-state index is -0.973. The molecular formula is C40H32N4O7S2. The van der Waals surface area contributed by atoms with Gasteiger partial charge in [-0.05, 0) is 97.0 Å². The van der Waals surface area contributed by atoms with Gasteiger partial charge in [-0.3, -0.25) is 19.2 Å². The van der Waals surface area contributed by atoms with Gasteiger partial charge in [-0.25, -0.2) is 0 Å². The van der Waals surface area contributed by atoms with Crippen molar-refractivity contribution in [2.45, 2.75) is 12.8 Å². The number of nitriles is 2. The largest absolute Gasteiger partial charge is 0.481 e. The number of aliphatic carboxylic acids is 1. The molecule has 0 saturated carbocycles. The maximum absolute atomic E-state index is 12.7. The highest BCUT2D eigenvalue weighted by Crippen LogP contribution is 2.36. The Morgan fingerprint density at radius 3 is 1.55 bits per heavy atom. The SMILES string of the molecule is CN(C)CCNC(=O)Cc1cc(C(=O)c2ccco2)sc1-c1ccc(C#N)cc1.N#Cc1ccc(-c2sc(C(=O)c3ccco3)cc2CC(=O)O)cc1. The summed E-state index contributed by atoms with van der Waals surface area (Å²) in [6.07, 6.45) is 2.87. The van der Waals surface area contributed by atoms with Crippen molar-refractivity contribution < 1.29 is 33.1 Å². The molecule has 0 fully saturated rings. The summed E-state index contributed by atoms with van der Waals surface area (Å²) in [4.78, 5) is 53.1. The standard InChI is InChI=1S/C22H21N3O3S.C18H11NO4S/c1-25(2)10-9-24-20(26)13-17-12-19(21(27)18-4-3-11-28-18)29-22(17)16-7-5-15(14-23)6-8-16;19-10-11-3-5-12(6-4-11)18-13(9-16(20)21)8-15(24-18)17(22)14-2-1-7-23-14/h3-8,11-12H,9-10,13H2,1-2H3,(H,24,26);1-8H,9H2,(H,20,21). The predicted octanol–water partition coefficient (Wildman–Crippen LogP) is 7.07. The van der Waals surface area contributed by atoms with Gasteiger partial charge in [0.05, 0.1) is 58.4 Å². The number of hydrogen-bond acceptors (Lipinski definition) is 11. The van der Waals surface area contributed by atoms with Crippen LogP contribution in [0.2, 0.25) is 0 Å². The quantitative estimate of drug-likeness (QED) is 0.116. The van der Waals surface area contributed by atoms with Gasteiger partial charge < -0.3 is 24.2 Å². The van der Waals surface area contributed by atoms with Crippen molar-refractivity contribution in [3.63, 3.8) is 0 Å². The van der Waals surface area contributed by atoms with Crippen molar-refractivity contribution in [1.29, 1.82) is 10.5 Å². The van der Waals surface area contributed by atoms with Crippen molar-refractivity contribution in [1.82, 2.24) is 10.2 Å². The molecule has 2 N–H and O–H groups in total. The average molecular weight is 745 g/mol. The van der Waals surface area contributed by atoms with Gasteiger partial charge in [0.1, 0.15) is 0 Å². The number of amides is 1. The van der Waals surface area contributed by atoms with Crippen molar-refractivity contribution in [3.8, 4) is 33.0 Å². The van der Waals surface area contributed by atoms with Crippen LogP contribution in [0.25, 0.3) is 20.9 Å². The Balaban J connectivity index is 0.000000208. The van der Waals surface area contributed by atoms with Gasteiger partial charge in [-0.15, -0.1) is 22.7 Å². The first-order chi connectivity index (χ1) is 25.6. The first kappa shape index (κ1) is 37.9. The van der Waals surface area contributed by atoms with E-state index >= 15 is 0 Å². The third-order valence-corrected chi connectivity index (χ3v) is 10.1. The average Bonchev–Trinajstić information content (AvgIpc) is 3.99. The molecule has 13 heteroatoms. The molecule has 0 unspecified atom stereocenters. The molecule has 266 valence electrons. The van der Waals surface area contributed by atoms with Crippen LogP contribution < -0.4 is 5.32 Å². The first-order valence-corrected chi connectivity index (χ1v) is 17.8. The van der Waals surface area contributed by atoms with Gasteiger partial charge in [-0.2, -0.15) is 10.5 Å². The van der Waals surface area contributed by atoms with Gasteiger partial charge in [-0.1, -0.05) is 24.3 Å². The number of carbonyl (C=O) groups is 4. The molecule has 0 spiro atoms. The molecule has 0 aliphatic carbocycles. The van der Waals surface area contributed by atoms with E-state index in [1.807, 2.05) is 37.2 Å². The monoisotopic (exact) mass is 744 g/mol. The summed E-state index contributed by atoms with van der Waals surface area (Å²) in [7, 11) is 3.89. The summed E-state index contributed by atoms with van der Waals surface area (Å²) in [5.74, 6) is -1.09. The lowest BCUT2D eigenvalue weighted by Crippen LogP contribution is -2.32. The summed E-state index contributed by atoms with van der Waals surface area (Å²) < 4.78 is 10.3. The van der Waals surface area contributed by atoms with Gasteiger partial charge in [0.2, 0.25) is 17.5 Å². The summed E-state index contributed by atoms with van der Waals surface area (Å²) in [5, 5.41) is 29.9. The second kappa shape index (κ2) is 17.7. The van der Waals surface area contributed by atoms with Crippen molar-refractivity contribution in [3.05, 3.63) is 141 Å². The van der Waals surface area contributed by atoms with Gasteiger partial charge in [0.15, 0.2) is 11.5 Å². The van der Waals surface area contributed by atoms with E-state index in [0.717, 1.165) is 28.1 Å². The fraction of sp³-hybridized carbons (Fsp3) is 0.150. The minimum Gasteiger partial charge on any atom is -0.481 e. The highest BCUT2D eigenvalue weighted by molar-refractivity contribution is 7.18. The molecule has 11 nitrogen and oxygen atoms in total. The molecule has 1 amide bonds. The minimum absolute atomic E-state index is 0.100. The van der Waals surface area contributed by atoms with Gasteiger partial charge >= 0.3 is 5.97 Å². The van der Waals surface area contributed by atoms with Crippen LogP contribution in [0.3, 0.4) is 0 Å². The van der Waals surface area contributed by atoms with Gasteiger partial charge in [0.25, 0.3) is 0 Å². The van der Waals surface area contributed by atoms with E-state index < -0.39 is 5.97 Å². The Morgan fingerprint density at radius 2 is 1.17 bits per heavy atom. The molecule has 6 rings (SSSR count). The zero-order chi connectivity index (χ0) is 37.9. The number of thiophene rings is 2. The predicted molar refractivity (Wildman–Crippen MR) is 200 cm³/mol. The molecule has 0 atom stereocenters. The Bertz CT molecular complexity index is 2290. The first-order valence-electron chi connectivity index (χ1n) is 16.1. The maximum atomic E-state index is 12.7. The number of hydrogen-bond donors (Lipinski definition) is 2. The number of ketones is 2. The van der Waals surface area contributed by atoms with Gasteiger partial charge in [0, 0.05) is 22.8 Å². The van der Waals surface area contributed by atoms with Crippen molar-refractivity contribution in [2.75, 3.05) is 27.2 Å². The van der Waals surface area contributed by atoms with Crippen LogP contribution in [0.4, 0.5) is 0 Å². The third-order valence-electron chi connectivity index (χ3n) is 7.68. The van der Waals surface area contributed by atoms with Crippen LogP contribution in [-0.4, -0.2) is 60.6 Å². The summed E-state index contributed by atoms with van der Waals surface area (Å²) in [6.45, 7) is 1.31.